The summed E-state index contributed by atoms with van der Waals surface area (Å²) in [7, 11) is 1.57. The number of nitrogen functional groups attached to an aromatic ring is 1. The van der Waals surface area contributed by atoms with E-state index >= 15 is 0 Å². The highest BCUT2D eigenvalue weighted by atomic mass is 32.1. The van der Waals surface area contributed by atoms with E-state index in [1.165, 1.54) is 6.20 Å². The van der Waals surface area contributed by atoms with Crippen molar-refractivity contribution < 1.29 is 9.84 Å². The number of hydrogen-bond donors (Lipinski definition) is 5. The maximum Gasteiger partial charge on any atom is 0.129 e. The Morgan fingerprint density at radius 3 is 2.53 bits per heavy atom. The summed E-state index contributed by atoms with van der Waals surface area (Å²) in [4.78, 5) is 13.5. The molecule has 0 saturated heterocycles. The van der Waals surface area contributed by atoms with Crippen LogP contribution in [-0.2, 0) is 0 Å². The summed E-state index contributed by atoms with van der Waals surface area (Å²) in [5.74, 6) is 0.868. The number of nitrogens with zero attached hydrogens (tertiary/aromatic N) is 3. The van der Waals surface area contributed by atoms with Gasteiger partial charge in [0, 0.05) is 40.8 Å². The predicted octanol–water partition coefficient (Wildman–Crippen LogP) is 3.91. The number of ether oxygens (including phenoxy) is 1. The highest BCUT2D eigenvalue weighted by Gasteiger charge is 2.06. The number of pyridine rings is 1. The topological polar surface area (TPSA) is 144 Å². The molecule has 8 nitrogen and oxygen atoms in total. The van der Waals surface area contributed by atoms with Crippen molar-refractivity contribution >= 4 is 41.1 Å². The lowest BCUT2D eigenvalue weighted by Gasteiger charge is -2.06. The number of aromatic hydroxyl groups is 1. The van der Waals surface area contributed by atoms with Crippen LogP contribution in [0.2, 0.25) is 0 Å². The zero-order valence-corrected chi connectivity index (χ0v) is 18.1. The molecule has 0 bridgehead atoms. The van der Waals surface area contributed by atoms with Gasteiger partial charge in [-0.1, -0.05) is 6.07 Å². The molecule has 162 valence electrons. The molecule has 0 spiro atoms. The first-order chi connectivity index (χ1) is 15.4. The molecule has 0 saturated carbocycles. The van der Waals surface area contributed by atoms with E-state index in [0.29, 0.717) is 27.6 Å². The number of aromatic nitrogens is 3. The SMILES string of the molecule is COc1ccc(O)c(S)c1.N=C/C(=C\N)c1cnc2ccc(-c3cncc(N)c3)cc2n1. The van der Waals surface area contributed by atoms with Gasteiger partial charge < -0.3 is 26.7 Å². The third-order valence-corrected chi connectivity index (χ3v) is 4.81. The van der Waals surface area contributed by atoms with Gasteiger partial charge in [-0.2, -0.15) is 0 Å². The van der Waals surface area contributed by atoms with Crippen LogP contribution in [0, 0.1) is 5.41 Å². The van der Waals surface area contributed by atoms with Crippen molar-refractivity contribution in [1.29, 1.82) is 5.41 Å². The minimum absolute atomic E-state index is 0.170. The second kappa shape index (κ2) is 10.3. The highest BCUT2D eigenvalue weighted by molar-refractivity contribution is 7.80. The van der Waals surface area contributed by atoms with Crippen LogP contribution < -0.4 is 16.2 Å². The third kappa shape index (κ3) is 5.32. The minimum Gasteiger partial charge on any atom is -0.507 e. The molecule has 2 heterocycles. The van der Waals surface area contributed by atoms with Crippen molar-refractivity contribution in [2.24, 2.45) is 5.73 Å². The molecule has 2 aromatic heterocycles. The molecule has 4 rings (SSSR count). The van der Waals surface area contributed by atoms with Gasteiger partial charge in [-0.3, -0.25) is 9.97 Å². The number of fused-ring (bicyclic) bond motifs is 1. The average Bonchev–Trinajstić information content (AvgIpc) is 2.81. The van der Waals surface area contributed by atoms with E-state index in [9.17, 15) is 0 Å². The Hall–Kier alpha value is -4.11. The quantitative estimate of drug-likeness (QED) is 0.236. The molecular formula is C23H22N6O2S. The molecule has 0 unspecified atom stereocenters. The van der Waals surface area contributed by atoms with E-state index in [4.69, 9.17) is 26.7 Å². The number of phenolic OH excluding ortho intramolecular Hbond substituents is 1. The summed E-state index contributed by atoms with van der Waals surface area (Å²) in [6, 6.07) is 12.5. The van der Waals surface area contributed by atoms with Gasteiger partial charge in [-0.15, -0.1) is 12.6 Å². The highest BCUT2D eigenvalue weighted by Crippen LogP contribution is 2.25. The standard InChI is InChI=1S/C16H14N6.C7H8O2S/c17-5-12(6-18)16-9-21-14-2-1-10(4-15(14)22-16)11-3-13(19)8-20-7-11;1-9-5-2-3-6(8)7(10)4-5/h1-9,17H,18-19H2;2-4,8,10H,1H3/b12-6+,17-5?;. The summed E-state index contributed by atoms with van der Waals surface area (Å²) in [5, 5.41) is 16.3. The van der Waals surface area contributed by atoms with Gasteiger partial charge in [-0.25, -0.2) is 4.98 Å². The van der Waals surface area contributed by atoms with E-state index in [1.807, 2.05) is 24.3 Å². The zero-order chi connectivity index (χ0) is 23.1. The van der Waals surface area contributed by atoms with Crippen LogP contribution in [0.25, 0.3) is 27.7 Å². The summed E-state index contributed by atoms with van der Waals surface area (Å²) < 4.78 is 4.89. The molecule has 9 heteroatoms. The Bertz CT molecular complexity index is 1290. The number of phenols is 1. The molecule has 0 aliphatic carbocycles. The van der Waals surface area contributed by atoms with E-state index < -0.39 is 0 Å². The lowest BCUT2D eigenvalue weighted by Crippen LogP contribution is -1.96. The van der Waals surface area contributed by atoms with Crippen molar-refractivity contribution in [3.05, 3.63) is 72.9 Å². The number of nitrogens with two attached hydrogens (primary N) is 2. The Kier molecular flexibility index (Phi) is 7.25. The van der Waals surface area contributed by atoms with Crippen LogP contribution in [0.1, 0.15) is 5.69 Å². The normalized spacial score (nSPS) is 10.9. The number of nitrogens with one attached hydrogen (secondary N) is 1. The molecule has 0 aliphatic heterocycles. The fourth-order valence-electron chi connectivity index (χ4n) is 2.78. The fourth-order valence-corrected chi connectivity index (χ4v) is 2.99. The van der Waals surface area contributed by atoms with Crippen molar-refractivity contribution in [2.45, 2.75) is 4.90 Å². The Morgan fingerprint density at radius 1 is 1.06 bits per heavy atom. The maximum absolute atomic E-state index is 9.01. The van der Waals surface area contributed by atoms with Crippen LogP contribution in [-0.4, -0.2) is 33.4 Å². The van der Waals surface area contributed by atoms with Crippen LogP contribution >= 0.6 is 12.6 Å². The van der Waals surface area contributed by atoms with Crippen molar-refractivity contribution in [3.63, 3.8) is 0 Å². The number of thiol groups is 1. The molecule has 0 radical (unpaired) electrons. The second-order valence-electron chi connectivity index (χ2n) is 6.59. The van der Waals surface area contributed by atoms with E-state index in [2.05, 4.69) is 27.6 Å². The fraction of sp³-hybridized carbons (Fsp3) is 0.0435. The predicted molar refractivity (Wildman–Crippen MR) is 130 cm³/mol. The van der Waals surface area contributed by atoms with E-state index in [-0.39, 0.29) is 5.75 Å². The summed E-state index contributed by atoms with van der Waals surface area (Å²) in [6.45, 7) is 0. The number of methoxy groups -OCH3 is 1. The molecule has 0 fully saturated rings. The largest absolute Gasteiger partial charge is 0.507 e. The van der Waals surface area contributed by atoms with Crippen LogP contribution in [0.5, 0.6) is 11.5 Å². The molecule has 0 amide bonds. The smallest absolute Gasteiger partial charge is 0.129 e. The molecular weight excluding hydrogens is 424 g/mol. The minimum atomic E-state index is 0.170. The Balaban J connectivity index is 0.000000243. The van der Waals surface area contributed by atoms with Crippen molar-refractivity contribution in [3.8, 4) is 22.6 Å². The number of rotatable bonds is 4. The van der Waals surface area contributed by atoms with Crippen LogP contribution in [0.4, 0.5) is 5.69 Å². The van der Waals surface area contributed by atoms with Gasteiger partial charge in [0.15, 0.2) is 0 Å². The average molecular weight is 447 g/mol. The molecule has 4 aromatic rings. The van der Waals surface area contributed by atoms with E-state index in [1.54, 1.807) is 43.9 Å². The monoisotopic (exact) mass is 446 g/mol. The summed E-state index contributed by atoms with van der Waals surface area (Å²) in [6.07, 6.45) is 7.45. The lowest BCUT2D eigenvalue weighted by atomic mass is 10.1. The van der Waals surface area contributed by atoms with Gasteiger partial charge in [0.2, 0.25) is 0 Å². The van der Waals surface area contributed by atoms with Gasteiger partial charge in [0.25, 0.3) is 0 Å². The Labute approximate surface area is 190 Å². The number of hydrogen-bond acceptors (Lipinski definition) is 9. The van der Waals surface area contributed by atoms with Gasteiger partial charge >= 0.3 is 0 Å². The maximum atomic E-state index is 9.01. The van der Waals surface area contributed by atoms with Crippen molar-refractivity contribution in [2.75, 3.05) is 12.8 Å². The van der Waals surface area contributed by atoms with Gasteiger partial charge in [-0.05, 0) is 42.0 Å². The van der Waals surface area contributed by atoms with Gasteiger partial charge in [0.05, 0.1) is 35.7 Å². The van der Waals surface area contributed by atoms with Crippen LogP contribution in [0.3, 0.4) is 0 Å². The Morgan fingerprint density at radius 2 is 1.88 bits per heavy atom. The first-order valence-electron chi connectivity index (χ1n) is 9.41. The van der Waals surface area contributed by atoms with Crippen molar-refractivity contribution in [1.82, 2.24) is 15.0 Å². The third-order valence-electron chi connectivity index (χ3n) is 4.45. The lowest BCUT2D eigenvalue weighted by molar-refractivity contribution is 0.409. The first kappa shape index (κ1) is 22.6. The number of anilines is 1. The molecule has 0 aliphatic rings. The van der Waals surface area contributed by atoms with E-state index in [0.717, 1.165) is 28.4 Å². The summed E-state index contributed by atoms with van der Waals surface area (Å²) >= 11 is 3.99. The molecule has 32 heavy (non-hydrogen) atoms. The first-order valence-corrected chi connectivity index (χ1v) is 9.86. The van der Waals surface area contributed by atoms with Gasteiger partial charge in [0.1, 0.15) is 11.5 Å². The van der Waals surface area contributed by atoms with Crippen LogP contribution in [0.15, 0.2) is 72.2 Å². The number of benzene rings is 2. The second-order valence-corrected chi connectivity index (χ2v) is 7.07. The number of allylic oxidation sites excluding steroid dienone is 1. The molecule has 6 N–H and O–H groups in total. The molecule has 2 aromatic carbocycles. The summed E-state index contributed by atoms with van der Waals surface area (Å²) in [5.41, 5.74) is 16.3. The molecule has 0 atom stereocenters. The zero-order valence-electron chi connectivity index (χ0n) is 17.2.